The van der Waals surface area contributed by atoms with E-state index in [4.69, 9.17) is 14.0 Å². The van der Waals surface area contributed by atoms with Crippen LogP contribution in [0.4, 0.5) is 0 Å². The monoisotopic (exact) mass is 356 g/mol. The number of hydrogen-bond acceptors (Lipinski definition) is 7. The fourth-order valence-corrected chi connectivity index (χ4v) is 2.73. The molecule has 0 aliphatic heterocycles. The number of rotatable bonds is 6. The van der Waals surface area contributed by atoms with Gasteiger partial charge in [0.25, 0.3) is 5.89 Å². The highest BCUT2D eigenvalue weighted by Gasteiger charge is 2.18. The largest absolute Gasteiger partial charge is 0.489 e. The molecule has 128 valence electrons. The molecule has 0 aliphatic carbocycles. The van der Waals surface area contributed by atoms with E-state index in [-0.39, 0.29) is 5.89 Å². The molecule has 25 heavy (non-hydrogen) atoms. The van der Waals surface area contributed by atoms with Crippen LogP contribution in [0.5, 0.6) is 5.75 Å². The maximum Gasteiger partial charge on any atom is 0.414 e. The van der Waals surface area contributed by atoms with E-state index in [0.29, 0.717) is 12.3 Å². The van der Waals surface area contributed by atoms with Gasteiger partial charge in [0.1, 0.15) is 19.5 Å². The van der Waals surface area contributed by atoms with Gasteiger partial charge in [-0.15, -0.1) is 4.37 Å². The van der Waals surface area contributed by atoms with E-state index in [1.54, 1.807) is 0 Å². The molecule has 0 saturated carbocycles. The topological polar surface area (TPSA) is 73.9 Å². The van der Waals surface area contributed by atoms with Crippen LogP contribution in [0.3, 0.4) is 0 Å². The molecule has 0 radical (unpaired) electrons. The Balaban J connectivity index is 1.93. The van der Waals surface area contributed by atoms with E-state index in [1.165, 1.54) is 7.11 Å². The molecule has 0 fully saturated rings. The normalized spacial score (nSPS) is 11.4. The molecule has 3 rings (SSSR count). The van der Waals surface area contributed by atoms with E-state index >= 15 is 0 Å². The number of aryl methyl sites for hydroxylation is 1. The van der Waals surface area contributed by atoms with Gasteiger partial charge in [-0.25, -0.2) is 4.79 Å². The predicted octanol–water partition coefficient (Wildman–Crippen LogP) is 3.38. The Labute approximate surface area is 148 Å². The fraction of sp³-hybridized carbons (Fsp3) is 0.167. The molecule has 3 aromatic rings. The molecule has 7 heteroatoms. The average molecular weight is 356 g/mol. The zero-order valence-corrected chi connectivity index (χ0v) is 14.6. The molecule has 1 aromatic heterocycles. The lowest BCUT2D eigenvalue weighted by molar-refractivity contribution is 0.213. The first-order valence-corrected chi connectivity index (χ1v) is 8.31. The molecule has 6 nitrogen and oxygen atoms in total. The van der Waals surface area contributed by atoms with Crippen LogP contribution < -0.4 is 9.68 Å². The van der Waals surface area contributed by atoms with Crippen molar-refractivity contribution in [1.82, 2.24) is 4.37 Å². The molecule has 0 atom stereocenters. The van der Waals surface area contributed by atoms with Crippen LogP contribution in [0.2, 0.25) is 0 Å². The standard InChI is InChI=1S/C18H16N2O4S/c1-12-7-3-6-10-15(12)23-11-13-8-4-5-9-14(13)16(19-22-2)17-20-25-18(21)24-17/h3-10H,11H2,1-2H3/b19-16-. The lowest BCUT2D eigenvalue weighted by Crippen LogP contribution is -2.10. The van der Waals surface area contributed by atoms with Gasteiger partial charge in [0, 0.05) is 5.56 Å². The Kier molecular flexibility index (Phi) is 5.25. The van der Waals surface area contributed by atoms with Gasteiger partial charge in [0.15, 0.2) is 5.71 Å². The Hall–Kier alpha value is -2.93. The lowest BCUT2D eigenvalue weighted by Gasteiger charge is -2.12. The minimum Gasteiger partial charge on any atom is -0.489 e. The van der Waals surface area contributed by atoms with Crippen LogP contribution in [0, 0.1) is 6.92 Å². The number of hydrogen-bond donors (Lipinski definition) is 0. The maximum atomic E-state index is 11.3. The molecule has 0 aliphatic rings. The van der Waals surface area contributed by atoms with Gasteiger partial charge in [-0.2, -0.15) is 0 Å². The molecule has 0 spiro atoms. The Bertz CT molecular complexity index is 946. The van der Waals surface area contributed by atoms with Crippen molar-refractivity contribution >= 4 is 17.2 Å². The van der Waals surface area contributed by atoms with Crippen LogP contribution in [0.1, 0.15) is 22.6 Å². The van der Waals surface area contributed by atoms with Crippen LogP contribution in [-0.2, 0) is 11.4 Å². The molecular formula is C18H16N2O4S. The first kappa shape index (κ1) is 16.9. The van der Waals surface area contributed by atoms with Gasteiger partial charge in [-0.05, 0) is 24.1 Å². The van der Waals surface area contributed by atoms with E-state index < -0.39 is 4.94 Å². The van der Waals surface area contributed by atoms with E-state index in [1.807, 2.05) is 55.5 Å². The van der Waals surface area contributed by atoms with Crippen LogP contribution in [-0.4, -0.2) is 17.2 Å². The zero-order chi connectivity index (χ0) is 17.6. The third kappa shape index (κ3) is 3.95. The second kappa shape index (κ2) is 7.76. The summed E-state index contributed by atoms with van der Waals surface area (Å²) in [6.45, 7) is 2.32. The van der Waals surface area contributed by atoms with Crippen LogP contribution >= 0.6 is 11.5 Å². The van der Waals surface area contributed by atoms with Crippen molar-refractivity contribution in [3.63, 3.8) is 0 Å². The van der Waals surface area contributed by atoms with Crippen molar-refractivity contribution in [3.8, 4) is 5.75 Å². The second-order valence-corrected chi connectivity index (χ2v) is 5.87. The molecular weight excluding hydrogens is 340 g/mol. The highest BCUT2D eigenvalue weighted by molar-refractivity contribution is 7.02. The maximum absolute atomic E-state index is 11.3. The number of oxime groups is 1. The van der Waals surface area contributed by atoms with Crippen molar-refractivity contribution in [1.29, 1.82) is 0 Å². The third-order valence-electron chi connectivity index (χ3n) is 3.52. The highest BCUT2D eigenvalue weighted by atomic mass is 32.1. The third-order valence-corrected chi connectivity index (χ3v) is 4.01. The fourth-order valence-electron chi connectivity index (χ4n) is 2.33. The first-order chi connectivity index (χ1) is 12.2. The first-order valence-electron chi connectivity index (χ1n) is 7.54. The smallest absolute Gasteiger partial charge is 0.414 e. The minimum absolute atomic E-state index is 0.125. The summed E-state index contributed by atoms with van der Waals surface area (Å²) in [5.74, 6) is 0.933. The number of benzene rings is 2. The van der Waals surface area contributed by atoms with Crippen LogP contribution in [0.25, 0.3) is 0 Å². The quantitative estimate of drug-likeness (QED) is 0.500. The summed E-state index contributed by atoms with van der Waals surface area (Å²) in [4.78, 5) is 15.7. The number of ether oxygens (including phenoxy) is 1. The zero-order valence-electron chi connectivity index (χ0n) is 13.8. The van der Waals surface area contributed by atoms with Crippen molar-refractivity contribution < 1.29 is 14.0 Å². The number of para-hydroxylation sites is 1. The van der Waals surface area contributed by atoms with Gasteiger partial charge in [-0.1, -0.05) is 47.6 Å². The molecule has 0 amide bonds. The van der Waals surface area contributed by atoms with Gasteiger partial charge >= 0.3 is 4.94 Å². The SMILES string of the molecule is CO/N=C(\c1nsc(=O)o1)c1ccccc1COc1ccccc1C. The molecule has 2 aromatic carbocycles. The second-order valence-electron chi connectivity index (χ2n) is 5.17. The Morgan fingerprint density at radius 3 is 2.68 bits per heavy atom. The molecule has 0 N–H and O–H groups in total. The predicted molar refractivity (Wildman–Crippen MR) is 95.3 cm³/mol. The van der Waals surface area contributed by atoms with Gasteiger partial charge in [-0.3, -0.25) is 0 Å². The van der Waals surface area contributed by atoms with Gasteiger partial charge in [0.2, 0.25) is 0 Å². The number of aromatic nitrogens is 1. The van der Waals surface area contributed by atoms with Gasteiger partial charge in [0.05, 0.1) is 11.5 Å². The number of nitrogens with zero attached hydrogens (tertiary/aromatic N) is 2. The Morgan fingerprint density at radius 1 is 1.20 bits per heavy atom. The summed E-state index contributed by atoms with van der Waals surface area (Å²) in [5.41, 5.74) is 3.00. The lowest BCUT2D eigenvalue weighted by atomic mass is 10.0. The van der Waals surface area contributed by atoms with Crippen molar-refractivity contribution in [3.05, 3.63) is 80.8 Å². The summed E-state index contributed by atoms with van der Waals surface area (Å²) in [5, 5.41) is 3.98. The average Bonchev–Trinajstić information content (AvgIpc) is 3.05. The van der Waals surface area contributed by atoms with E-state index in [0.717, 1.165) is 34.0 Å². The van der Waals surface area contributed by atoms with E-state index in [9.17, 15) is 4.79 Å². The van der Waals surface area contributed by atoms with Crippen molar-refractivity contribution in [2.45, 2.75) is 13.5 Å². The summed E-state index contributed by atoms with van der Waals surface area (Å²) in [6.07, 6.45) is 0. The van der Waals surface area contributed by atoms with Crippen LogP contribution in [0.15, 0.2) is 62.9 Å². The molecule has 0 bridgehead atoms. The van der Waals surface area contributed by atoms with Crippen molar-refractivity contribution in [2.24, 2.45) is 5.16 Å². The Morgan fingerprint density at radius 2 is 1.96 bits per heavy atom. The summed E-state index contributed by atoms with van der Waals surface area (Å²) < 4.78 is 15.0. The highest BCUT2D eigenvalue weighted by Crippen LogP contribution is 2.20. The summed E-state index contributed by atoms with van der Waals surface area (Å²) in [7, 11) is 1.43. The molecule has 1 heterocycles. The summed E-state index contributed by atoms with van der Waals surface area (Å²) >= 11 is 0.731. The van der Waals surface area contributed by atoms with Crippen molar-refractivity contribution in [2.75, 3.05) is 7.11 Å². The van der Waals surface area contributed by atoms with E-state index in [2.05, 4.69) is 9.53 Å². The molecule has 0 unspecified atom stereocenters. The summed E-state index contributed by atoms with van der Waals surface area (Å²) in [6, 6.07) is 15.3. The molecule has 0 saturated heterocycles. The van der Waals surface area contributed by atoms with Gasteiger partial charge < -0.3 is 14.0 Å². The minimum atomic E-state index is -0.493.